The van der Waals surface area contributed by atoms with Crippen molar-refractivity contribution in [3.63, 3.8) is 0 Å². The summed E-state index contributed by atoms with van der Waals surface area (Å²) in [5.41, 5.74) is 0.723. The van der Waals surface area contributed by atoms with Crippen molar-refractivity contribution in [1.82, 2.24) is 0 Å². The van der Waals surface area contributed by atoms with Crippen LogP contribution in [0.2, 0.25) is 0 Å². The molecule has 1 aliphatic rings. The van der Waals surface area contributed by atoms with Crippen LogP contribution in [0.15, 0.2) is 23.1 Å². The number of nitrogens with zero attached hydrogens (tertiary/aromatic N) is 1. The van der Waals surface area contributed by atoms with Crippen LogP contribution in [0.5, 0.6) is 0 Å². The van der Waals surface area contributed by atoms with Crippen LogP contribution >= 0.6 is 23.4 Å². The summed E-state index contributed by atoms with van der Waals surface area (Å²) in [6.45, 7) is 0.276. The average Bonchev–Trinajstić information content (AvgIpc) is 2.53. The number of rotatable bonds is 7. The maximum atomic E-state index is 11.1. The van der Waals surface area contributed by atoms with Gasteiger partial charge >= 0.3 is 0 Å². The quantitative estimate of drug-likeness (QED) is 0.443. The van der Waals surface area contributed by atoms with Crippen LogP contribution in [0.4, 0.5) is 11.4 Å². The van der Waals surface area contributed by atoms with Crippen LogP contribution in [0.25, 0.3) is 0 Å². The van der Waals surface area contributed by atoms with Gasteiger partial charge in [0.15, 0.2) is 0 Å². The van der Waals surface area contributed by atoms with Gasteiger partial charge in [0, 0.05) is 34.5 Å². The van der Waals surface area contributed by atoms with Crippen molar-refractivity contribution in [2.24, 2.45) is 0 Å². The predicted molar refractivity (Wildman–Crippen MR) is 91.0 cm³/mol. The third-order valence-electron chi connectivity index (χ3n) is 3.68. The molecule has 2 rings (SSSR count). The van der Waals surface area contributed by atoms with Gasteiger partial charge in [-0.15, -0.1) is 23.4 Å². The molecule has 7 heteroatoms. The molecule has 1 aliphatic carbocycles. The first kappa shape index (κ1) is 17.4. The second kappa shape index (κ2) is 8.60. The number of aliphatic hydroxyl groups is 1. The van der Waals surface area contributed by atoms with Crippen molar-refractivity contribution in [3.05, 3.63) is 28.3 Å². The van der Waals surface area contributed by atoms with Gasteiger partial charge in [0.25, 0.3) is 5.69 Å². The Morgan fingerprint density at radius 3 is 2.73 bits per heavy atom. The van der Waals surface area contributed by atoms with Gasteiger partial charge in [-0.2, -0.15) is 0 Å². The van der Waals surface area contributed by atoms with Crippen molar-refractivity contribution in [1.29, 1.82) is 0 Å². The van der Waals surface area contributed by atoms with Crippen LogP contribution in [0.3, 0.4) is 0 Å². The number of non-ortho nitro benzene ring substituents is 1. The first-order valence-electron chi connectivity index (χ1n) is 7.52. The number of nitro groups is 1. The van der Waals surface area contributed by atoms with E-state index in [9.17, 15) is 15.2 Å². The largest absolute Gasteiger partial charge is 0.390 e. The number of thioether (sulfide) groups is 1. The van der Waals surface area contributed by atoms with Gasteiger partial charge in [-0.05, 0) is 18.9 Å². The second-order valence-electron chi connectivity index (χ2n) is 5.54. The molecule has 1 saturated carbocycles. The maximum absolute atomic E-state index is 11.1. The fraction of sp³-hybridized carbons (Fsp3) is 0.600. The molecular weight excluding hydrogens is 324 g/mol. The van der Waals surface area contributed by atoms with E-state index in [2.05, 4.69) is 5.32 Å². The number of hydrogen-bond donors (Lipinski definition) is 2. The first-order chi connectivity index (χ1) is 10.6. The number of hydrogen-bond acceptors (Lipinski definition) is 5. The van der Waals surface area contributed by atoms with Crippen molar-refractivity contribution >= 4 is 34.7 Å². The van der Waals surface area contributed by atoms with E-state index < -0.39 is 6.10 Å². The van der Waals surface area contributed by atoms with E-state index in [0.717, 1.165) is 4.90 Å². The van der Waals surface area contributed by atoms with E-state index in [1.54, 1.807) is 17.8 Å². The van der Waals surface area contributed by atoms with Gasteiger partial charge in [-0.3, -0.25) is 10.1 Å². The lowest BCUT2D eigenvalue weighted by Gasteiger charge is -2.21. The third-order valence-corrected chi connectivity index (χ3v) is 5.35. The van der Waals surface area contributed by atoms with Crippen molar-refractivity contribution < 1.29 is 10.0 Å². The summed E-state index contributed by atoms with van der Waals surface area (Å²) >= 11 is 7.27. The highest BCUT2D eigenvalue weighted by Crippen LogP contribution is 2.36. The Bertz CT molecular complexity index is 510. The average molecular weight is 345 g/mol. The number of nitrogens with one attached hydrogen (secondary N) is 1. The van der Waals surface area contributed by atoms with Crippen LogP contribution < -0.4 is 5.32 Å². The van der Waals surface area contributed by atoms with Crippen LogP contribution in [-0.4, -0.2) is 33.8 Å². The van der Waals surface area contributed by atoms with Gasteiger partial charge in [0.05, 0.1) is 16.9 Å². The third kappa shape index (κ3) is 5.34. The number of halogens is 1. The molecule has 0 bridgehead atoms. The zero-order valence-corrected chi connectivity index (χ0v) is 13.9. The number of benzene rings is 1. The summed E-state index contributed by atoms with van der Waals surface area (Å²) in [5.74, 6) is 0.131. The Hall–Kier alpha value is -0.980. The minimum absolute atomic E-state index is 0.0728. The molecule has 1 fully saturated rings. The van der Waals surface area contributed by atoms with E-state index >= 15 is 0 Å². The molecular formula is C15H21ClN2O3S. The van der Waals surface area contributed by atoms with Gasteiger partial charge in [0.2, 0.25) is 0 Å². The highest BCUT2D eigenvalue weighted by molar-refractivity contribution is 8.00. The normalized spacial score (nSPS) is 17.2. The zero-order chi connectivity index (χ0) is 15.9. The lowest BCUT2D eigenvalue weighted by Crippen LogP contribution is -2.20. The van der Waals surface area contributed by atoms with E-state index in [-0.39, 0.29) is 23.0 Å². The molecule has 0 amide bonds. The maximum Gasteiger partial charge on any atom is 0.272 e. The molecule has 0 saturated heterocycles. The fourth-order valence-electron chi connectivity index (χ4n) is 2.52. The van der Waals surface area contributed by atoms with Crippen molar-refractivity contribution in [2.45, 2.75) is 48.4 Å². The van der Waals surface area contributed by atoms with E-state index in [0.29, 0.717) is 10.9 Å². The lowest BCUT2D eigenvalue weighted by molar-refractivity contribution is -0.385. The van der Waals surface area contributed by atoms with Crippen molar-refractivity contribution in [2.75, 3.05) is 17.7 Å². The Kier molecular flexibility index (Phi) is 6.79. The smallest absolute Gasteiger partial charge is 0.272 e. The van der Waals surface area contributed by atoms with Gasteiger partial charge in [0.1, 0.15) is 0 Å². The standard InChI is InChI=1S/C15H21ClN2O3S/c16-9-13(19)10-17-11-6-12(18(20)21)8-15(7-11)22-14-4-2-1-3-5-14/h6-8,13-14,17,19H,1-5,9-10H2. The molecule has 1 aromatic carbocycles. The number of alkyl halides is 1. The fourth-order valence-corrected chi connectivity index (χ4v) is 3.97. The van der Waals surface area contributed by atoms with Crippen LogP contribution in [0.1, 0.15) is 32.1 Å². The Morgan fingerprint density at radius 1 is 1.36 bits per heavy atom. The molecule has 22 heavy (non-hydrogen) atoms. The number of aliphatic hydroxyl groups excluding tert-OH is 1. The number of anilines is 1. The summed E-state index contributed by atoms with van der Waals surface area (Å²) in [6.07, 6.45) is 5.42. The van der Waals surface area contributed by atoms with Gasteiger partial charge < -0.3 is 10.4 Å². The molecule has 0 aromatic heterocycles. The molecule has 0 spiro atoms. The molecule has 0 heterocycles. The van der Waals surface area contributed by atoms with E-state index in [4.69, 9.17) is 11.6 Å². The molecule has 122 valence electrons. The molecule has 1 atom stereocenters. The summed E-state index contributed by atoms with van der Waals surface area (Å²) in [7, 11) is 0. The molecule has 5 nitrogen and oxygen atoms in total. The predicted octanol–water partition coefficient (Wildman–Crippen LogP) is 4.03. The SMILES string of the molecule is O=[N+]([O-])c1cc(NCC(O)CCl)cc(SC2CCCCC2)c1. The molecule has 1 aromatic rings. The number of nitro benzene ring substituents is 1. The first-order valence-corrected chi connectivity index (χ1v) is 8.94. The Morgan fingerprint density at radius 2 is 2.09 bits per heavy atom. The highest BCUT2D eigenvalue weighted by atomic mass is 35.5. The van der Waals surface area contributed by atoms with Gasteiger partial charge in [-0.1, -0.05) is 19.3 Å². The minimum atomic E-state index is -0.671. The minimum Gasteiger partial charge on any atom is -0.390 e. The Labute approximate surface area is 139 Å². The highest BCUT2D eigenvalue weighted by Gasteiger charge is 2.17. The van der Waals surface area contributed by atoms with Crippen LogP contribution in [0, 0.1) is 10.1 Å². The molecule has 0 radical (unpaired) electrons. The lowest BCUT2D eigenvalue weighted by atomic mass is 10.0. The van der Waals surface area contributed by atoms with E-state index in [1.165, 1.54) is 38.2 Å². The summed E-state index contributed by atoms with van der Waals surface area (Å²) in [5, 5.41) is 24.1. The monoisotopic (exact) mass is 344 g/mol. The van der Waals surface area contributed by atoms with Crippen molar-refractivity contribution in [3.8, 4) is 0 Å². The molecule has 0 aliphatic heterocycles. The summed E-state index contributed by atoms with van der Waals surface area (Å²) in [6, 6.07) is 5.03. The topological polar surface area (TPSA) is 75.4 Å². The summed E-state index contributed by atoms with van der Waals surface area (Å²) < 4.78 is 0. The van der Waals surface area contributed by atoms with Gasteiger partial charge in [-0.25, -0.2) is 0 Å². The zero-order valence-electron chi connectivity index (χ0n) is 12.3. The molecule has 2 N–H and O–H groups in total. The Balaban J connectivity index is 2.09. The summed E-state index contributed by atoms with van der Waals surface area (Å²) in [4.78, 5) is 11.6. The molecule has 1 unspecified atom stereocenters. The van der Waals surface area contributed by atoms with E-state index in [1.807, 2.05) is 6.07 Å². The second-order valence-corrected chi connectivity index (χ2v) is 7.22. The van der Waals surface area contributed by atoms with Crippen LogP contribution in [-0.2, 0) is 0 Å².